The number of benzene rings is 2. The summed E-state index contributed by atoms with van der Waals surface area (Å²) in [5, 5.41) is 4.83. The molecule has 0 atom stereocenters. The van der Waals surface area contributed by atoms with Crippen molar-refractivity contribution < 1.29 is 4.52 Å². The van der Waals surface area contributed by atoms with E-state index in [1.165, 1.54) is 0 Å². The number of nitrogen functional groups attached to an aromatic ring is 1. The Morgan fingerprint density at radius 3 is 2.52 bits per heavy atom. The molecule has 106 valence electrons. The summed E-state index contributed by atoms with van der Waals surface area (Å²) in [5.41, 5.74) is 9.54. The number of rotatable bonds is 2. The van der Waals surface area contributed by atoms with E-state index in [-0.39, 0.29) is 0 Å². The van der Waals surface area contributed by atoms with Crippen molar-refractivity contribution >= 4 is 29.0 Å². The second-order valence-electron chi connectivity index (χ2n) is 4.77. The van der Waals surface area contributed by atoms with Crippen LogP contribution < -0.4 is 5.73 Å². The highest BCUT2D eigenvalue weighted by Gasteiger charge is 2.18. The fourth-order valence-corrected chi connectivity index (χ4v) is 2.51. The summed E-state index contributed by atoms with van der Waals surface area (Å²) in [4.78, 5) is 0. The second-order valence-corrected chi connectivity index (χ2v) is 5.58. The minimum Gasteiger partial charge on any atom is -0.380 e. The first-order valence-corrected chi connectivity index (χ1v) is 7.09. The predicted molar refractivity (Wildman–Crippen MR) is 86.5 cm³/mol. The molecule has 0 saturated carbocycles. The van der Waals surface area contributed by atoms with Gasteiger partial charge in [-0.05, 0) is 30.7 Å². The van der Waals surface area contributed by atoms with Crippen LogP contribution in [0.1, 0.15) is 5.56 Å². The van der Waals surface area contributed by atoms with Gasteiger partial charge in [0, 0.05) is 5.56 Å². The molecule has 0 aliphatic heterocycles. The number of halogens is 2. The molecule has 0 amide bonds. The molecule has 0 aliphatic carbocycles. The van der Waals surface area contributed by atoms with Gasteiger partial charge in [0.05, 0.1) is 15.6 Å². The summed E-state index contributed by atoms with van der Waals surface area (Å²) in [5.74, 6) is 0.944. The zero-order valence-corrected chi connectivity index (χ0v) is 12.7. The van der Waals surface area contributed by atoms with Crippen molar-refractivity contribution in [3.63, 3.8) is 0 Å². The van der Waals surface area contributed by atoms with E-state index in [9.17, 15) is 0 Å². The monoisotopic (exact) mass is 318 g/mol. The van der Waals surface area contributed by atoms with E-state index in [0.29, 0.717) is 21.6 Å². The van der Waals surface area contributed by atoms with E-state index in [0.717, 1.165) is 22.3 Å². The number of anilines is 1. The lowest BCUT2D eigenvalue weighted by molar-refractivity contribution is 0.436. The number of hydrogen-bond donors (Lipinski definition) is 1. The quantitative estimate of drug-likeness (QED) is 0.706. The first kappa shape index (κ1) is 14.0. The zero-order chi connectivity index (χ0) is 15.0. The van der Waals surface area contributed by atoms with Crippen LogP contribution in [-0.2, 0) is 0 Å². The van der Waals surface area contributed by atoms with Gasteiger partial charge in [0.25, 0.3) is 0 Å². The van der Waals surface area contributed by atoms with Crippen LogP contribution in [-0.4, -0.2) is 5.16 Å². The lowest BCUT2D eigenvalue weighted by Gasteiger charge is -2.05. The summed E-state index contributed by atoms with van der Waals surface area (Å²) in [6.07, 6.45) is 0. The van der Waals surface area contributed by atoms with Gasteiger partial charge in [-0.3, -0.25) is 0 Å². The van der Waals surface area contributed by atoms with Crippen LogP contribution in [0.15, 0.2) is 47.0 Å². The molecule has 0 bridgehead atoms. The molecule has 3 nitrogen and oxygen atoms in total. The van der Waals surface area contributed by atoms with Gasteiger partial charge in [-0.25, -0.2) is 0 Å². The van der Waals surface area contributed by atoms with Crippen LogP contribution in [0.3, 0.4) is 0 Å². The van der Waals surface area contributed by atoms with Crippen LogP contribution in [0.2, 0.25) is 10.0 Å². The van der Waals surface area contributed by atoms with E-state index >= 15 is 0 Å². The van der Waals surface area contributed by atoms with Gasteiger partial charge in [0.2, 0.25) is 0 Å². The Morgan fingerprint density at radius 1 is 1.00 bits per heavy atom. The molecular formula is C16H12Cl2N2O. The van der Waals surface area contributed by atoms with Crippen LogP contribution in [0, 0.1) is 6.92 Å². The van der Waals surface area contributed by atoms with Gasteiger partial charge in [-0.2, -0.15) is 0 Å². The van der Waals surface area contributed by atoms with Crippen LogP contribution in [0.5, 0.6) is 0 Å². The van der Waals surface area contributed by atoms with Gasteiger partial charge in [0.15, 0.2) is 11.6 Å². The number of nitrogens with zero attached hydrogens (tertiary/aromatic N) is 1. The molecule has 1 aromatic heterocycles. The zero-order valence-electron chi connectivity index (χ0n) is 11.2. The van der Waals surface area contributed by atoms with Crippen molar-refractivity contribution in [2.24, 2.45) is 0 Å². The molecule has 3 aromatic rings. The predicted octanol–water partition coefficient (Wildman–Crippen LogP) is 5.21. The van der Waals surface area contributed by atoms with Crippen molar-refractivity contribution in [3.05, 3.63) is 58.1 Å². The van der Waals surface area contributed by atoms with E-state index in [1.807, 2.05) is 37.3 Å². The Balaban J connectivity index is 2.19. The fourth-order valence-electron chi connectivity index (χ4n) is 2.22. The first-order chi connectivity index (χ1) is 10.1. The molecule has 1 heterocycles. The Bertz CT molecular complexity index is 812. The Labute approximate surface area is 132 Å². The van der Waals surface area contributed by atoms with Gasteiger partial charge in [0.1, 0.15) is 0 Å². The number of aryl methyl sites for hydroxylation is 1. The lowest BCUT2D eigenvalue weighted by Crippen LogP contribution is -1.89. The summed E-state index contributed by atoms with van der Waals surface area (Å²) in [6, 6.07) is 13.3. The fraction of sp³-hybridized carbons (Fsp3) is 0.0625. The van der Waals surface area contributed by atoms with Gasteiger partial charge >= 0.3 is 0 Å². The number of nitrogens with two attached hydrogens (primary N) is 1. The molecule has 0 unspecified atom stereocenters. The van der Waals surface area contributed by atoms with Crippen LogP contribution in [0.4, 0.5) is 5.82 Å². The molecule has 0 radical (unpaired) electrons. The molecule has 0 aliphatic rings. The summed E-state index contributed by atoms with van der Waals surface area (Å²) >= 11 is 12.0. The average Bonchev–Trinajstić information content (AvgIpc) is 2.84. The molecule has 2 N–H and O–H groups in total. The minimum atomic E-state index is 0.324. The van der Waals surface area contributed by atoms with E-state index in [2.05, 4.69) is 5.16 Å². The van der Waals surface area contributed by atoms with Crippen molar-refractivity contribution in [2.45, 2.75) is 6.92 Å². The minimum absolute atomic E-state index is 0.324. The SMILES string of the molecule is Cc1cccc(-c2onc(N)c2-c2ccc(Cl)c(Cl)c2)c1. The van der Waals surface area contributed by atoms with Crippen LogP contribution in [0.25, 0.3) is 22.5 Å². The van der Waals surface area contributed by atoms with Gasteiger partial charge in [-0.15, -0.1) is 0 Å². The van der Waals surface area contributed by atoms with Crippen molar-refractivity contribution in [2.75, 3.05) is 5.73 Å². The maximum absolute atomic E-state index is 6.08. The molecule has 2 aromatic carbocycles. The Kier molecular flexibility index (Phi) is 3.62. The molecule has 21 heavy (non-hydrogen) atoms. The number of aromatic nitrogens is 1. The van der Waals surface area contributed by atoms with Crippen molar-refractivity contribution in [3.8, 4) is 22.5 Å². The second kappa shape index (κ2) is 5.43. The molecule has 0 fully saturated rings. The summed E-state index contributed by atoms with van der Waals surface area (Å²) in [6.45, 7) is 2.02. The van der Waals surface area contributed by atoms with E-state index in [1.54, 1.807) is 12.1 Å². The third-order valence-corrected chi connectivity index (χ3v) is 3.95. The highest BCUT2D eigenvalue weighted by molar-refractivity contribution is 6.42. The third-order valence-electron chi connectivity index (χ3n) is 3.21. The van der Waals surface area contributed by atoms with Crippen molar-refractivity contribution in [1.29, 1.82) is 0 Å². The number of hydrogen-bond acceptors (Lipinski definition) is 3. The smallest absolute Gasteiger partial charge is 0.176 e. The van der Waals surface area contributed by atoms with E-state index < -0.39 is 0 Å². The average molecular weight is 319 g/mol. The van der Waals surface area contributed by atoms with Gasteiger partial charge in [-0.1, -0.05) is 58.2 Å². The molecular weight excluding hydrogens is 307 g/mol. The molecule has 0 spiro atoms. The normalized spacial score (nSPS) is 10.8. The Hall–Kier alpha value is -1.97. The molecule has 3 rings (SSSR count). The maximum Gasteiger partial charge on any atom is 0.176 e. The summed E-state index contributed by atoms with van der Waals surface area (Å²) in [7, 11) is 0. The largest absolute Gasteiger partial charge is 0.380 e. The molecule has 5 heteroatoms. The standard InChI is InChI=1S/C16H12Cl2N2O/c1-9-3-2-4-11(7-9)15-14(16(19)20-21-15)10-5-6-12(17)13(18)8-10/h2-8H,1H3,(H2,19,20). The lowest BCUT2D eigenvalue weighted by atomic mass is 10.0. The van der Waals surface area contributed by atoms with E-state index in [4.69, 9.17) is 33.5 Å². The van der Waals surface area contributed by atoms with Crippen molar-refractivity contribution in [1.82, 2.24) is 5.16 Å². The highest BCUT2D eigenvalue weighted by atomic mass is 35.5. The van der Waals surface area contributed by atoms with Crippen LogP contribution >= 0.6 is 23.2 Å². The topological polar surface area (TPSA) is 52.0 Å². The highest BCUT2D eigenvalue weighted by Crippen LogP contribution is 2.38. The third kappa shape index (κ3) is 2.62. The Morgan fingerprint density at radius 2 is 1.81 bits per heavy atom. The van der Waals surface area contributed by atoms with Gasteiger partial charge < -0.3 is 10.3 Å². The molecule has 0 saturated heterocycles. The first-order valence-electron chi connectivity index (χ1n) is 6.34. The summed E-state index contributed by atoms with van der Waals surface area (Å²) < 4.78 is 5.41. The maximum atomic E-state index is 6.08.